The topological polar surface area (TPSA) is 64.6 Å². The number of hydrogen-bond donors (Lipinski definition) is 1. The van der Waals surface area contributed by atoms with Crippen LogP contribution in [-0.2, 0) is 10.0 Å². The van der Waals surface area contributed by atoms with E-state index in [2.05, 4.69) is 18.6 Å². The Morgan fingerprint density at radius 1 is 1.05 bits per heavy atom. The van der Waals surface area contributed by atoms with Gasteiger partial charge in [0.15, 0.2) is 11.5 Å². The zero-order chi connectivity index (χ0) is 16.8. The van der Waals surface area contributed by atoms with Crippen molar-refractivity contribution < 1.29 is 17.9 Å². The molecule has 6 heteroatoms. The molecule has 0 aromatic heterocycles. The normalized spacial score (nSPS) is 13.2. The molecular weight excluding hydrogens is 302 g/mol. The van der Waals surface area contributed by atoms with E-state index in [-0.39, 0.29) is 10.9 Å². The first kappa shape index (κ1) is 18.8. The number of benzene rings is 1. The highest BCUT2D eigenvalue weighted by atomic mass is 32.2. The van der Waals surface area contributed by atoms with Crippen molar-refractivity contribution >= 4 is 10.0 Å². The molecule has 0 saturated carbocycles. The highest BCUT2D eigenvalue weighted by Crippen LogP contribution is 2.29. The summed E-state index contributed by atoms with van der Waals surface area (Å²) in [5.41, 5.74) is 0. The minimum Gasteiger partial charge on any atom is -0.493 e. The van der Waals surface area contributed by atoms with Crippen LogP contribution in [0.3, 0.4) is 0 Å². The van der Waals surface area contributed by atoms with E-state index in [1.54, 1.807) is 6.07 Å². The van der Waals surface area contributed by atoms with Crippen molar-refractivity contribution in [2.24, 2.45) is 5.92 Å². The molecule has 0 radical (unpaired) electrons. The van der Waals surface area contributed by atoms with Crippen LogP contribution in [0.5, 0.6) is 11.5 Å². The third-order valence-electron chi connectivity index (χ3n) is 3.44. The van der Waals surface area contributed by atoms with Crippen LogP contribution in [0.4, 0.5) is 0 Å². The van der Waals surface area contributed by atoms with Crippen LogP contribution < -0.4 is 14.2 Å². The van der Waals surface area contributed by atoms with E-state index in [0.29, 0.717) is 17.4 Å². The predicted molar refractivity (Wildman–Crippen MR) is 88.0 cm³/mol. The van der Waals surface area contributed by atoms with Crippen molar-refractivity contribution in [3.05, 3.63) is 18.2 Å². The summed E-state index contributed by atoms with van der Waals surface area (Å²) >= 11 is 0. The maximum Gasteiger partial charge on any atom is 0.240 e. The molecule has 0 saturated heterocycles. The molecule has 0 fully saturated rings. The molecule has 0 aliphatic heterocycles. The van der Waals surface area contributed by atoms with Gasteiger partial charge in [-0.1, -0.05) is 26.7 Å². The molecule has 1 atom stereocenters. The zero-order valence-electron chi connectivity index (χ0n) is 14.0. The molecule has 0 amide bonds. The highest BCUT2D eigenvalue weighted by Gasteiger charge is 2.19. The molecule has 0 aliphatic rings. The van der Waals surface area contributed by atoms with Crippen LogP contribution in [0.15, 0.2) is 23.1 Å². The lowest BCUT2D eigenvalue weighted by Crippen LogP contribution is -2.32. The van der Waals surface area contributed by atoms with Crippen LogP contribution in [0.2, 0.25) is 0 Å². The fourth-order valence-corrected chi connectivity index (χ4v) is 3.50. The first-order valence-corrected chi connectivity index (χ1v) is 9.02. The fourth-order valence-electron chi connectivity index (χ4n) is 2.21. The van der Waals surface area contributed by atoms with Gasteiger partial charge in [-0.25, -0.2) is 13.1 Å². The van der Waals surface area contributed by atoms with Gasteiger partial charge in [-0.2, -0.15) is 0 Å². The van der Waals surface area contributed by atoms with E-state index in [0.717, 1.165) is 19.3 Å². The molecule has 0 aliphatic carbocycles. The monoisotopic (exact) mass is 329 g/mol. The van der Waals surface area contributed by atoms with Crippen LogP contribution in [0, 0.1) is 5.92 Å². The second kappa shape index (κ2) is 8.39. The van der Waals surface area contributed by atoms with Gasteiger partial charge in [0.1, 0.15) is 0 Å². The molecule has 0 heterocycles. The van der Waals surface area contributed by atoms with Gasteiger partial charge in [-0.05, 0) is 31.4 Å². The van der Waals surface area contributed by atoms with Crippen LogP contribution in [-0.4, -0.2) is 28.7 Å². The van der Waals surface area contributed by atoms with Crippen LogP contribution in [0.1, 0.15) is 40.0 Å². The summed E-state index contributed by atoms with van der Waals surface area (Å²) in [5.74, 6) is 1.54. The summed E-state index contributed by atoms with van der Waals surface area (Å²) in [6.07, 6.45) is 2.93. The van der Waals surface area contributed by atoms with Gasteiger partial charge >= 0.3 is 0 Å². The maximum absolute atomic E-state index is 12.4. The molecule has 0 bridgehead atoms. The van der Waals surface area contributed by atoms with Crippen molar-refractivity contribution in [1.82, 2.24) is 4.72 Å². The van der Waals surface area contributed by atoms with Crippen LogP contribution in [0.25, 0.3) is 0 Å². The Labute approximate surface area is 134 Å². The van der Waals surface area contributed by atoms with E-state index in [9.17, 15) is 8.42 Å². The van der Waals surface area contributed by atoms with Gasteiger partial charge in [-0.15, -0.1) is 0 Å². The predicted octanol–water partition coefficient (Wildman–Crippen LogP) is 3.20. The van der Waals surface area contributed by atoms with E-state index < -0.39 is 10.0 Å². The third kappa shape index (κ3) is 5.50. The van der Waals surface area contributed by atoms with E-state index >= 15 is 0 Å². The summed E-state index contributed by atoms with van der Waals surface area (Å²) < 4.78 is 37.8. The second-order valence-corrected chi connectivity index (χ2v) is 7.58. The Bertz CT molecular complexity index is 570. The minimum absolute atomic E-state index is 0.100. The summed E-state index contributed by atoms with van der Waals surface area (Å²) in [6.45, 7) is 6.22. The fraction of sp³-hybridized carbons (Fsp3) is 0.625. The van der Waals surface area contributed by atoms with Crippen LogP contribution >= 0.6 is 0 Å². The lowest BCUT2D eigenvalue weighted by atomic mass is 10.0. The molecule has 1 N–H and O–H groups in total. The van der Waals surface area contributed by atoms with Crippen molar-refractivity contribution in [2.75, 3.05) is 14.2 Å². The largest absolute Gasteiger partial charge is 0.493 e. The molecule has 1 rings (SSSR count). The standard InChI is InChI=1S/C16H27NO4S/c1-12(2)7-6-8-13(3)17-22(18,19)14-9-10-15(20-4)16(11-14)21-5/h9-13,17H,6-8H2,1-5H3. The van der Waals surface area contributed by atoms with E-state index in [1.165, 1.54) is 26.4 Å². The average molecular weight is 329 g/mol. The number of sulfonamides is 1. The number of ether oxygens (including phenoxy) is 2. The number of nitrogens with one attached hydrogen (secondary N) is 1. The van der Waals surface area contributed by atoms with Crippen molar-refractivity contribution in [3.8, 4) is 11.5 Å². The Kier molecular flexibility index (Phi) is 7.16. The Morgan fingerprint density at radius 3 is 2.23 bits per heavy atom. The van der Waals surface area contributed by atoms with Gasteiger partial charge in [0, 0.05) is 12.1 Å². The third-order valence-corrected chi connectivity index (χ3v) is 5.03. The molecular formula is C16H27NO4S. The maximum atomic E-state index is 12.4. The first-order chi connectivity index (χ1) is 10.3. The zero-order valence-corrected chi connectivity index (χ0v) is 14.9. The Morgan fingerprint density at radius 2 is 1.68 bits per heavy atom. The number of rotatable bonds is 9. The molecule has 1 aromatic carbocycles. The molecule has 5 nitrogen and oxygen atoms in total. The highest BCUT2D eigenvalue weighted by molar-refractivity contribution is 7.89. The van der Waals surface area contributed by atoms with Gasteiger partial charge in [0.2, 0.25) is 10.0 Å². The molecule has 1 unspecified atom stereocenters. The number of methoxy groups -OCH3 is 2. The van der Waals surface area contributed by atoms with Gasteiger partial charge in [0.25, 0.3) is 0 Å². The van der Waals surface area contributed by atoms with E-state index in [1.807, 2.05) is 6.92 Å². The Hall–Kier alpha value is -1.27. The summed E-state index contributed by atoms with van der Waals surface area (Å²) in [6, 6.07) is 4.49. The molecule has 22 heavy (non-hydrogen) atoms. The van der Waals surface area contributed by atoms with Gasteiger partial charge in [-0.3, -0.25) is 0 Å². The molecule has 126 valence electrons. The first-order valence-electron chi connectivity index (χ1n) is 7.54. The summed E-state index contributed by atoms with van der Waals surface area (Å²) in [4.78, 5) is 0.181. The van der Waals surface area contributed by atoms with Gasteiger partial charge in [0.05, 0.1) is 19.1 Å². The molecule has 1 aromatic rings. The average Bonchev–Trinajstić information content (AvgIpc) is 2.45. The number of hydrogen-bond acceptors (Lipinski definition) is 4. The summed E-state index contributed by atoms with van der Waals surface area (Å²) in [7, 11) is -0.556. The van der Waals surface area contributed by atoms with Gasteiger partial charge < -0.3 is 9.47 Å². The lowest BCUT2D eigenvalue weighted by molar-refractivity contribution is 0.354. The Balaban J connectivity index is 2.77. The molecule has 0 spiro atoms. The van der Waals surface area contributed by atoms with Crippen molar-refractivity contribution in [3.63, 3.8) is 0 Å². The van der Waals surface area contributed by atoms with Crippen molar-refractivity contribution in [2.45, 2.75) is 51.0 Å². The summed E-state index contributed by atoms with van der Waals surface area (Å²) in [5, 5.41) is 0. The quantitative estimate of drug-likeness (QED) is 0.755. The van der Waals surface area contributed by atoms with Crippen molar-refractivity contribution in [1.29, 1.82) is 0 Å². The minimum atomic E-state index is -3.55. The smallest absolute Gasteiger partial charge is 0.240 e. The van der Waals surface area contributed by atoms with E-state index in [4.69, 9.17) is 9.47 Å². The SMILES string of the molecule is COc1ccc(S(=O)(=O)NC(C)CCCC(C)C)cc1OC. The second-order valence-electron chi connectivity index (χ2n) is 5.86. The lowest BCUT2D eigenvalue weighted by Gasteiger charge is -2.16.